The SMILES string of the molecule is CNC(=O)c1ccc(NC(=O)CC2(N3Cc4ccccc4C3=O)CCCCC2)cc1. The Morgan fingerprint density at radius 2 is 1.70 bits per heavy atom. The van der Waals surface area contributed by atoms with Crippen LogP contribution in [-0.2, 0) is 11.3 Å². The van der Waals surface area contributed by atoms with Crippen molar-refractivity contribution >= 4 is 23.4 Å². The van der Waals surface area contributed by atoms with E-state index < -0.39 is 5.54 Å². The molecule has 30 heavy (non-hydrogen) atoms. The molecule has 156 valence electrons. The van der Waals surface area contributed by atoms with Gasteiger partial charge in [0.15, 0.2) is 0 Å². The molecule has 6 nitrogen and oxygen atoms in total. The predicted molar refractivity (Wildman–Crippen MR) is 115 cm³/mol. The van der Waals surface area contributed by atoms with E-state index in [0.29, 0.717) is 17.8 Å². The molecule has 2 aliphatic rings. The molecule has 1 saturated carbocycles. The third kappa shape index (κ3) is 3.82. The lowest BCUT2D eigenvalue weighted by atomic mass is 9.77. The second kappa shape index (κ2) is 8.30. The molecule has 3 amide bonds. The number of carbonyl (C=O) groups is 3. The molecular weight excluding hydrogens is 378 g/mol. The lowest BCUT2D eigenvalue weighted by Gasteiger charge is -2.44. The fourth-order valence-corrected chi connectivity index (χ4v) is 4.74. The number of nitrogens with one attached hydrogen (secondary N) is 2. The van der Waals surface area contributed by atoms with Crippen molar-refractivity contribution in [3.05, 3.63) is 65.2 Å². The summed E-state index contributed by atoms with van der Waals surface area (Å²) in [7, 11) is 1.58. The van der Waals surface area contributed by atoms with Crippen molar-refractivity contribution in [2.45, 2.75) is 50.6 Å². The van der Waals surface area contributed by atoms with Crippen molar-refractivity contribution < 1.29 is 14.4 Å². The molecule has 1 fully saturated rings. The normalized spacial score (nSPS) is 17.4. The predicted octanol–water partition coefficient (Wildman–Crippen LogP) is 3.73. The van der Waals surface area contributed by atoms with Gasteiger partial charge in [-0.05, 0) is 48.7 Å². The van der Waals surface area contributed by atoms with E-state index in [4.69, 9.17) is 0 Å². The molecule has 1 heterocycles. The summed E-state index contributed by atoms with van der Waals surface area (Å²) in [5.41, 5.74) is 2.54. The molecule has 0 radical (unpaired) electrons. The summed E-state index contributed by atoms with van der Waals surface area (Å²) in [6.45, 7) is 0.573. The van der Waals surface area contributed by atoms with Crippen LogP contribution in [0, 0.1) is 0 Å². The van der Waals surface area contributed by atoms with Crippen LogP contribution in [0.2, 0.25) is 0 Å². The topological polar surface area (TPSA) is 78.5 Å². The Bertz CT molecular complexity index is 962. The van der Waals surface area contributed by atoms with Crippen LogP contribution in [0.15, 0.2) is 48.5 Å². The van der Waals surface area contributed by atoms with E-state index in [1.54, 1.807) is 31.3 Å². The van der Waals surface area contributed by atoms with Crippen molar-refractivity contribution in [1.29, 1.82) is 0 Å². The highest BCUT2D eigenvalue weighted by Crippen LogP contribution is 2.41. The van der Waals surface area contributed by atoms with Gasteiger partial charge in [-0.3, -0.25) is 14.4 Å². The zero-order chi connectivity index (χ0) is 21.1. The van der Waals surface area contributed by atoms with Gasteiger partial charge in [-0.25, -0.2) is 0 Å². The third-order valence-electron chi connectivity index (χ3n) is 6.33. The molecule has 0 saturated heterocycles. The van der Waals surface area contributed by atoms with Gasteiger partial charge in [0, 0.05) is 30.4 Å². The quantitative estimate of drug-likeness (QED) is 0.796. The smallest absolute Gasteiger partial charge is 0.254 e. The third-order valence-corrected chi connectivity index (χ3v) is 6.33. The molecule has 0 unspecified atom stereocenters. The van der Waals surface area contributed by atoms with Crippen molar-refractivity contribution in [2.75, 3.05) is 12.4 Å². The summed E-state index contributed by atoms with van der Waals surface area (Å²) >= 11 is 0. The van der Waals surface area contributed by atoms with Gasteiger partial charge in [0.2, 0.25) is 5.91 Å². The van der Waals surface area contributed by atoms with Crippen LogP contribution < -0.4 is 10.6 Å². The Morgan fingerprint density at radius 3 is 2.37 bits per heavy atom. The highest BCUT2D eigenvalue weighted by atomic mass is 16.2. The molecule has 0 atom stereocenters. The van der Waals surface area contributed by atoms with Gasteiger partial charge < -0.3 is 15.5 Å². The van der Waals surface area contributed by atoms with Gasteiger partial charge in [-0.2, -0.15) is 0 Å². The summed E-state index contributed by atoms with van der Waals surface area (Å²) in [6, 6.07) is 14.6. The van der Waals surface area contributed by atoms with E-state index in [0.717, 1.165) is 43.2 Å². The number of anilines is 1. The maximum atomic E-state index is 13.1. The van der Waals surface area contributed by atoms with Gasteiger partial charge in [0.25, 0.3) is 11.8 Å². The van der Waals surface area contributed by atoms with E-state index >= 15 is 0 Å². The average molecular weight is 405 g/mol. The molecule has 1 aliphatic carbocycles. The van der Waals surface area contributed by atoms with E-state index in [1.807, 2.05) is 29.2 Å². The molecule has 0 spiro atoms. The summed E-state index contributed by atoms with van der Waals surface area (Å²) in [5.74, 6) is -0.232. The molecule has 2 N–H and O–H groups in total. The Labute approximate surface area is 176 Å². The number of nitrogens with zero attached hydrogens (tertiary/aromatic N) is 1. The molecule has 6 heteroatoms. The van der Waals surface area contributed by atoms with Crippen LogP contribution >= 0.6 is 0 Å². The van der Waals surface area contributed by atoms with Crippen LogP contribution in [0.3, 0.4) is 0 Å². The highest BCUT2D eigenvalue weighted by Gasteiger charge is 2.45. The maximum Gasteiger partial charge on any atom is 0.254 e. The molecule has 1 aliphatic heterocycles. The largest absolute Gasteiger partial charge is 0.355 e. The van der Waals surface area contributed by atoms with Crippen molar-refractivity contribution in [1.82, 2.24) is 10.2 Å². The molecule has 2 aromatic carbocycles. The molecule has 0 aromatic heterocycles. The molecule has 2 aromatic rings. The molecule has 0 bridgehead atoms. The van der Waals surface area contributed by atoms with E-state index in [1.165, 1.54) is 0 Å². The number of carbonyl (C=O) groups excluding carboxylic acids is 3. The minimum absolute atomic E-state index is 0.0373. The second-order valence-electron chi connectivity index (χ2n) is 8.21. The number of fused-ring (bicyclic) bond motifs is 1. The van der Waals surface area contributed by atoms with E-state index in [-0.39, 0.29) is 24.1 Å². The maximum absolute atomic E-state index is 13.1. The number of benzene rings is 2. The lowest BCUT2D eigenvalue weighted by Crippen LogP contribution is -2.52. The first-order chi connectivity index (χ1) is 14.5. The van der Waals surface area contributed by atoms with E-state index in [2.05, 4.69) is 10.6 Å². The first-order valence-corrected chi connectivity index (χ1v) is 10.5. The summed E-state index contributed by atoms with van der Waals surface area (Å²) in [6.07, 6.45) is 5.15. The van der Waals surface area contributed by atoms with Crippen LogP contribution in [0.25, 0.3) is 0 Å². The monoisotopic (exact) mass is 405 g/mol. The van der Waals surface area contributed by atoms with Gasteiger partial charge in [0.05, 0.1) is 12.0 Å². The Morgan fingerprint density at radius 1 is 1.00 bits per heavy atom. The van der Waals surface area contributed by atoms with Gasteiger partial charge in [0.1, 0.15) is 0 Å². The standard InChI is InChI=1S/C24H27N3O3/c1-25-22(29)17-9-11-19(12-10-17)26-21(28)15-24(13-5-2-6-14-24)27-16-18-7-3-4-8-20(18)23(27)30/h3-4,7-12H,2,5-6,13-16H2,1H3,(H,25,29)(H,26,28). The fraction of sp³-hybridized carbons (Fsp3) is 0.375. The van der Waals surface area contributed by atoms with Crippen LogP contribution in [0.4, 0.5) is 5.69 Å². The summed E-state index contributed by atoms with van der Waals surface area (Å²) in [5, 5.41) is 5.53. The van der Waals surface area contributed by atoms with Crippen LogP contribution in [0.5, 0.6) is 0 Å². The Kier molecular flexibility index (Phi) is 5.57. The van der Waals surface area contributed by atoms with Crippen molar-refractivity contribution in [2.24, 2.45) is 0 Å². The summed E-state index contributed by atoms with van der Waals surface area (Å²) < 4.78 is 0. The van der Waals surface area contributed by atoms with Crippen molar-refractivity contribution in [3.63, 3.8) is 0 Å². The summed E-state index contributed by atoms with van der Waals surface area (Å²) in [4.78, 5) is 39.7. The highest BCUT2D eigenvalue weighted by molar-refractivity contribution is 6.00. The second-order valence-corrected chi connectivity index (χ2v) is 8.21. The first kappa shape index (κ1) is 20.1. The number of hydrogen-bond acceptors (Lipinski definition) is 3. The van der Waals surface area contributed by atoms with Gasteiger partial charge in [-0.1, -0.05) is 37.5 Å². The van der Waals surface area contributed by atoms with E-state index in [9.17, 15) is 14.4 Å². The first-order valence-electron chi connectivity index (χ1n) is 10.5. The number of hydrogen-bond donors (Lipinski definition) is 2. The Balaban J connectivity index is 1.50. The average Bonchev–Trinajstić information content (AvgIpc) is 3.12. The lowest BCUT2D eigenvalue weighted by molar-refractivity contribution is -0.119. The van der Waals surface area contributed by atoms with Crippen LogP contribution in [0.1, 0.15) is 64.8 Å². The zero-order valence-corrected chi connectivity index (χ0v) is 17.2. The fourth-order valence-electron chi connectivity index (χ4n) is 4.74. The molecular formula is C24H27N3O3. The van der Waals surface area contributed by atoms with Crippen LogP contribution in [-0.4, -0.2) is 35.2 Å². The minimum Gasteiger partial charge on any atom is -0.355 e. The minimum atomic E-state index is -0.444. The molecule has 4 rings (SSSR count). The Hall–Kier alpha value is -3.15. The van der Waals surface area contributed by atoms with Gasteiger partial charge >= 0.3 is 0 Å². The van der Waals surface area contributed by atoms with Crippen molar-refractivity contribution in [3.8, 4) is 0 Å². The zero-order valence-electron chi connectivity index (χ0n) is 17.2. The number of rotatable bonds is 5. The number of amides is 3. The van der Waals surface area contributed by atoms with Gasteiger partial charge in [-0.15, -0.1) is 0 Å².